The van der Waals surface area contributed by atoms with Crippen molar-refractivity contribution in [3.63, 3.8) is 0 Å². The Bertz CT molecular complexity index is 600. The van der Waals surface area contributed by atoms with E-state index in [9.17, 15) is 9.59 Å². The molecule has 2 N–H and O–H groups in total. The molecular formula is C18H30N4O2. The summed E-state index contributed by atoms with van der Waals surface area (Å²) in [6, 6.07) is 0.149. The molecule has 1 aromatic rings. The van der Waals surface area contributed by atoms with Gasteiger partial charge in [0.1, 0.15) is 0 Å². The molecule has 6 heteroatoms. The van der Waals surface area contributed by atoms with Crippen molar-refractivity contribution in [2.24, 2.45) is 11.7 Å². The molecule has 1 fully saturated rings. The van der Waals surface area contributed by atoms with Gasteiger partial charge in [-0.25, -0.2) is 0 Å². The van der Waals surface area contributed by atoms with Gasteiger partial charge >= 0.3 is 0 Å². The zero-order chi connectivity index (χ0) is 17.9. The molecule has 0 atom stereocenters. The average molecular weight is 334 g/mol. The molecule has 0 aromatic carbocycles. The van der Waals surface area contributed by atoms with E-state index < -0.39 is 5.91 Å². The van der Waals surface area contributed by atoms with Crippen LogP contribution in [0.5, 0.6) is 0 Å². The predicted molar refractivity (Wildman–Crippen MR) is 93.4 cm³/mol. The molecule has 0 aliphatic heterocycles. The molecule has 0 unspecified atom stereocenters. The SMILES string of the molecule is Cc1nn(CC(C)C)c(C)c1CC(=O)N(CC(N)=O)C1CCCC1. The van der Waals surface area contributed by atoms with Crippen LogP contribution in [-0.4, -0.2) is 39.1 Å². The van der Waals surface area contributed by atoms with Crippen molar-refractivity contribution < 1.29 is 9.59 Å². The first-order chi connectivity index (χ1) is 11.3. The second-order valence-corrected chi connectivity index (χ2v) is 7.33. The third-order valence-electron chi connectivity index (χ3n) is 4.81. The van der Waals surface area contributed by atoms with Crippen molar-refractivity contribution in [1.82, 2.24) is 14.7 Å². The van der Waals surface area contributed by atoms with Crippen molar-refractivity contribution in [3.05, 3.63) is 17.0 Å². The number of rotatable bonds is 7. The lowest BCUT2D eigenvalue weighted by Crippen LogP contribution is -2.44. The molecule has 1 aromatic heterocycles. The first-order valence-corrected chi connectivity index (χ1v) is 8.90. The van der Waals surface area contributed by atoms with Crippen LogP contribution < -0.4 is 5.73 Å². The minimum absolute atomic E-state index is 0.0156. The maximum absolute atomic E-state index is 12.9. The fraction of sp³-hybridized carbons (Fsp3) is 0.722. The summed E-state index contributed by atoms with van der Waals surface area (Å²) in [5.41, 5.74) is 8.28. The molecule has 2 rings (SSSR count). The van der Waals surface area contributed by atoms with Gasteiger partial charge in [0.05, 0.1) is 18.7 Å². The van der Waals surface area contributed by atoms with E-state index in [1.807, 2.05) is 18.5 Å². The molecular weight excluding hydrogens is 304 g/mol. The molecule has 134 valence electrons. The van der Waals surface area contributed by atoms with E-state index in [1.54, 1.807) is 4.90 Å². The summed E-state index contributed by atoms with van der Waals surface area (Å²) in [5, 5.41) is 4.58. The Labute approximate surface area is 144 Å². The van der Waals surface area contributed by atoms with E-state index in [-0.39, 0.29) is 18.5 Å². The van der Waals surface area contributed by atoms with Gasteiger partial charge in [-0.3, -0.25) is 14.3 Å². The standard InChI is InChI=1S/C18H30N4O2/c1-12(2)10-22-14(4)16(13(3)20-22)9-18(24)21(11-17(19)23)15-7-5-6-8-15/h12,15H,5-11H2,1-4H3,(H2,19,23). The number of hydrogen-bond donors (Lipinski definition) is 1. The summed E-state index contributed by atoms with van der Waals surface area (Å²) in [5.74, 6) is 0.0339. The number of primary amides is 1. The van der Waals surface area contributed by atoms with Gasteiger partial charge in [0.25, 0.3) is 0 Å². The molecule has 0 saturated heterocycles. The van der Waals surface area contributed by atoms with Crippen LogP contribution >= 0.6 is 0 Å². The normalized spacial score (nSPS) is 15.2. The van der Waals surface area contributed by atoms with Crippen LogP contribution in [0.4, 0.5) is 0 Å². The maximum atomic E-state index is 12.9. The lowest BCUT2D eigenvalue weighted by molar-refractivity contribution is -0.136. The molecule has 1 heterocycles. The fourth-order valence-electron chi connectivity index (χ4n) is 3.57. The summed E-state index contributed by atoms with van der Waals surface area (Å²) in [6.45, 7) is 9.11. The highest BCUT2D eigenvalue weighted by Gasteiger charge is 2.29. The Balaban J connectivity index is 2.16. The zero-order valence-electron chi connectivity index (χ0n) is 15.3. The van der Waals surface area contributed by atoms with E-state index in [0.717, 1.165) is 49.2 Å². The van der Waals surface area contributed by atoms with Gasteiger partial charge in [-0.1, -0.05) is 26.7 Å². The van der Waals surface area contributed by atoms with Gasteiger partial charge in [-0.15, -0.1) is 0 Å². The van der Waals surface area contributed by atoms with Crippen LogP contribution in [0.2, 0.25) is 0 Å². The van der Waals surface area contributed by atoms with Crippen molar-refractivity contribution in [2.75, 3.05) is 6.54 Å². The monoisotopic (exact) mass is 334 g/mol. The number of carbonyl (C=O) groups excluding carboxylic acids is 2. The van der Waals surface area contributed by atoms with E-state index in [0.29, 0.717) is 12.3 Å². The van der Waals surface area contributed by atoms with Crippen molar-refractivity contribution in [1.29, 1.82) is 0 Å². The Morgan fingerprint density at radius 2 is 1.92 bits per heavy atom. The van der Waals surface area contributed by atoms with E-state index >= 15 is 0 Å². The third-order valence-corrected chi connectivity index (χ3v) is 4.81. The number of carbonyl (C=O) groups is 2. The molecule has 24 heavy (non-hydrogen) atoms. The summed E-state index contributed by atoms with van der Waals surface area (Å²) in [7, 11) is 0. The molecule has 1 aliphatic rings. The number of aromatic nitrogens is 2. The van der Waals surface area contributed by atoms with Gasteiger partial charge in [0.15, 0.2) is 0 Å². The average Bonchev–Trinajstić information content (AvgIpc) is 3.09. The largest absolute Gasteiger partial charge is 0.368 e. The highest BCUT2D eigenvalue weighted by molar-refractivity contribution is 5.85. The summed E-state index contributed by atoms with van der Waals surface area (Å²) >= 11 is 0. The number of nitrogens with two attached hydrogens (primary N) is 1. The van der Waals surface area contributed by atoms with E-state index in [1.165, 1.54) is 0 Å². The fourth-order valence-corrected chi connectivity index (χ4v) is 3.57. The Kier molecular flexibility index (Phi) is 6.02. The Morgan fingerprint density at radius 3 is 2.46 bits per heavy atom. The number of aryl methyl sites for hydroxylation is 1. The topological polar surface area (TPSA) is 81.2 Å². The second-order valence-electron chi connectivity index (χ2n) is 7.33. The van der Waals surface area contributed by atoms with Gasteiger partial charge < -0.3 is 10.6 Å². The van der Waals surface area contributed by atoms with Crippen LogP contribution in [0.25, 0.3) is 0 Å². The first-order valence-electron chi connectivity index (χ1n) is 8.90. The molecule has 1 aliphatic carbocycles. The van der Waals surface area contributed by atoms with Gasteiger partial charge in [0.2, 0.25) is 11.8 Å². The number of hydrogen-bond acceptors (Lipinski definition) is 3. The van der Waals surface area contributed by atoms with Crippen LogP contribution in [-0.2, 0) is 22.6 Å². The smallest absolute Gasteiger partial charge is 0.237 e. The van der Waals surface area contributed by atoms with Crippen LogP contribution in [0.3, 0.4) is 0 Å². The number of amides is 2. The Morgan fingerprint density at radius 1 is 1.29 bits per heavy atom. The molecule has 6 nitrogen and oxygen atoms in total. The highest BCUT2D eigenvalue weighted by atomic mass is 16.2. The maximum Gasteiger partial charge on any atom is 0.237 e. The summed E-state index contributed by atoms with van der Waals surface area (Å²) < 4.78 is 1.98. The van der Waals surface area contributed by atoms with Crippen LogP contribution in [0.15, 0.2) is 0 Å². The van der Waals surface area contributed by atoms with Gasteiger partial charge in [-0.05, 0) is 32.6 Å². The molecule has 0 radical (unpaired) electrons. The lowest BCUT2D eigenvalue weighted by Gasteiger charge is -2.28. The second kappa shape index (κ2) is 7.81. The van der Waals surface area contributed by atoms with E-state index in [2.05, 4.69) is 18.9 Å². The van der Waals surface area contributed by atoms with Crippen LogP contribution in [0, 0.1) is 19.8 Å². The quantitative estimate of drug-likeness (QED) is 0.827. The number of nitrogens with zero attached hydrogens (tertiary/aromatic N) is 3. The molecule has 0 spiro atoms. The predicted octanol–water partition coefficient (Wildman–Crippen LogP) is 1.95. The summed E-state index contributed by atoms with van der Waals surface area (Å²) in [6.07, 6.45) is 4.43. The van der Waals surface area contributed by atoms with Crippen LogP contribution in [0.1, 0.15) is 56.5 Å². The van der Waals surface area contributed by atoms with Gasteiger partial charge in [0, 0.05) is 23.8 Å². The van der Waals surface area contributed by atoms with Crippen molar-refractivity contribution >= 4 is 11.8 Å². The minimum atomic E-state index is -0.445. The van der Waals surface area contributed by atoms with E-state index in [4.69, 9.17) is 5.73 Å². The Hall–Kier alpha value is -1.85. The highest BCUT2D eigenvalue weighted by Crippen LogP contribution is 2.25. The molecule has 1 saturated carbocycles. The molecule has 2 amide bonds. The minimum Gasteiger partial charge on any atom is -0.368 e. The third kappa shape index (κ3) is 4.36. The first kappa shape index (κ1) is 18.5. The van der Waals surface area contributed by atoms with Gasteiger partial charge in [-0.2, -0.15) is 5.10 Å². The summed E-state index contributed by atoms with van der Waals surface area (Å²) in [4.78, 5) is 25.9. The molecule has 0 bridgehead atoms. The lowest BCUT2D eigenvalue weighted by atomic mass is 10.1. The zero-order valence-corrected chi connectivity index (χ0v) is 15.3. The van der Waals surface area contributed by atoms with Crippen molar-refractivity contribution in [3.8, 4) is 0 Å². The van der Waals surface area contributed by atoms with Crippen molar-refractivity contribution in [2.45, 2.75) is 72.4 Å².